The lowest BCUT2D eigenvalue weighted by atomic mass is 9.85. The van der Waals surface area contributed by atoms with Crippen LogP contribution in [-0.4, -0.2) is 45.1 Å². The van der Waals surface area contributed by atoms with Gasteiger partial charge in [-0.25, -0.2) is 9.59 Å². The van der Waals surface area contributed by atoms with Crippen LogP contribution in [0.25, 0.3) is 0 Å². The molecule has 0 spiro atoms. The van der Waals surface area contributed by atoms with Gasteiger partial charge >= 0.3 is 17.5 Å². The van der Waals surface area contributed by atoms with E-state index in [-0.39, 0.29) is 35.3 Å². The summed E-state index contributed by atoms with van der Waals surface area (Å²) in [6, 6.07) is 7.77. The van der Waals surface area contributed by atoms with Gasteiger partial charge in [-0.3, -0.25) is 10.1 Å². The molecule has 2 fully saturated rings. The fourth-order valence-corrected chi connectivity index (χ4v) is 5.11. The first-order valence-corrected chi connectivity index (χ1v) is 9.12. The van der Waals surface area contributed by atoms with Gasteiger partial charge in [-0.1, -0.05) is 30.3 Å². The zero-order chi connectivity index (χ0) is 18.0. The smallest absolute Gasteiger partial charge is 0.387 e. The highest BCUT2D eigenvalue weighted by atomic mass is 32.2. The molecule has 134 valence electrons. The molecule has 9 heteroatoms. The van der Waals surface area contributed by atoms with Crippen LogP contribution >= 0.6 is 11.8 Å². The number of amides is 2. The van der Waals surface area contributed by atoms with E-state index in [1.165, 1.54) is 12.1 Å². The SMILES string of the molecule is O=C1N[C@H]2[C@H](CS[C@H]2CCCC(C(=O)O)(c2ccccc2)[N+](=O)[O-])N1. The number of carboxylic acid groups (broad SMARTS) is 1. The number of fused-ring (bicyclic) bond motifs is 1. The summed E-state index contributed by atoms with van der Waals surface area (Å²) >= 11 is 1.71. The molecule has 2 aliphatic heterocycles. The van der Waals surface area contributed by atoms with E-state index in [2.05, 4.69) is 10.6 Å². The normalized spacial score (nSPS) is 27.0. The lowest BCUT2D eigenvalue weighted by Crippen LogP contribution is -2.44. The van der Waals surface area contributed by atoms with Crippen molar-refractivity contribution in [2.75, 3.05) is 5.75 Å². The highest BCUT2D eigenvalue weighted by Gasteiger charge is 2.53. The summed E-state index contributed by atoms with van der Waals surface area (Å²) in [6.45, 7) is 0. The standard InChI is InChI=1S/C16H19N3O5S/c20-14(21)16(19(23)24,10-5-2-1-3-6-10)8-4-7-12-13-11(9-25-12)17-15(22)18-13/h1-3,5-6,11-13H,4,7-9H2,(H,20,21)(H2,17,18,22)/t11-,12-,13-,16?/m0/s1. The number of benzene rings is 1. The average Bonchev–Trinajstić information content (AvgIpc) is 3.11. The predicted molar refractivity (Wildman–Crippen MR) is 92.1 cm³/mol. The second-order valence-electron chi connectivity index (χ2n) is 6.30. The van der Waals surface area contributed by atoms with Crippen LogP contribution in [0.15, 0.2) is 30.3 Å². The number of nitrogens with zero attached hydrogens (tertiary/aromatic N) is 1. The lowest BCUT2D eigenvalue weighted by molar-refractivity contribution is -0.565. The summed E-state index contributed by atoms with van der Waals surface area (Å²) in [5.74, 6) is -0.650. The lowest BCUT2D eigenvalue weighted by Gasteiger charge is -2.23. The number of rotatable bonds is 7. The van der Waals surface area contributed by atoms with E-state index in [4.69, 9.17) is 0 Å². The number of hydrogen-bond donors (Lipinski definition) is 3. The number of aliphatic carboxylic acids is 1. The van der Waals surface area contributed by atoms with Crippen molar-refractivity contribution in [1.29, 1.82) is 0 Å². The van der Waals surface area contributed by atoms with Crippen LogP contribution in [0.4, 0.5) is 4.79 Å². The number of thioether (sulfide) groups is 1. The molecule has 0 radical (unpaired) electrons. The minimum absolute atomic E-state index is 0.00376. The summed E-state index contributed by atoms with van der Waals surface area (Å²) in [7, 11) is 0. The minimum atomic E-state index is -2.14. The molecule has 0 aromatic heterocycles. The summed E-state index contributed by atoms with van der Waals surface area (Å²) in [5, 5.41) is 27.1. The zero-order valence-electron chi connectivity index (χ0n) is 13.4. The van der Waals surface area contributed by atoms with Crippen LogP contribution in [0, 0.1) is 10.1 Å². The summed E-state index contributed by atoms with van der Waals surface area (Å²) in [5.41, 5.74) is -1.96. The van der Waals surface area contributed by atoms with Crippen LogP contribution in [0.3, 0.4) is 0 Å². The van der Waals surface area contributed by atoms with Crippen molar-refractivity contribution in [2.24, 2.45) is 0 Å². The molecular formula is C16H19N3O5S. The van der Waals surface area contributed by atoms with Crippen molar-refractivity contribution < 1.29 is 19.6 Å². The van der Waals surface area contributed by atoms with Crippen molar-refractivity contribution in [3.05, 3.63) is 46.0 Å². The third-order valence-electron chi connectivity index (χ3n) is 4.88. The van der Waals surface area contributed by atoms with Crippen LogP contribution in [0.5, 0.6) is 0 Å². The van der Waals surface area contributed by atoms with Crippen molar-refractivity contribution in [2.45, 2.75) is 42.1 Å². The Morgan fingerprint density at radius 2 is 2.08 bits per heavy atom. The first-order chi connectivity index (χ1) is 11.9. The van der Waals surface area contributed by atoms with E-state index < -0.39 is 16.4 Å². The molecule has 2 heterocycles. The zero-order valence-corrected chi connectivity index (χ0v) is 14.2. The molecule has 1 unspecified atom stereocenters. The quantitative estimate of drug-likeness (QED) is 0.383. The van der Waals surface area contributed by atoms with E-state index in [9.17, 15) is 24.8 Å². The van der Waals surface area contributed by atoms with Gasteiger partial charge in [0.25, 0.3) is 0 Å². The minimum Gasteiger partial charge on any atom is -0.476 e. The molecule has 0 bridgehead atoms. The Bertz CT molecular complexity index is 670. The Morgan fingerprint density at radius 1 is 1.36 bits per heavy atom. The fourth-order valence-electron chi connectivity index (χ4n) is 3.57. The number of carbonyl (C=O) groups is 2. The Balaban J connectivity index is 1.71. The highest BCUT2D eigenvalue weighted by Crippen LogP contribution is 2.36. The van der Waals surface area contributed by atoms with Gasteiger partial charge in [-0.15, -0.1) is 0 Å². The third kappa shape index (κ3) is 3.15. The molecule has 4 atom stereocenters. The van der Waals surface area contributed by atoms with Gasteiger partial charge < -0.3 is 15.7 Å². The van der Waals surface area contributed by atoms with E-state index in [1.807, 2.05) is 0 Å². The fraction of sp³-hybridized carbons (Fsp3) is 0.500. The molecule has 0 aliphatic carbocycles. The summed E-state index contributed by atoms with van der Waals surface area (Å²) in [6.07, 6.45) is 0.914. The van der Waals surface area contributed by atoms with Gasteiger partial charge in [0, 0.05) is 27.9 Å². The van der Waals surface area contributed by atoms with Gasteiger partial charge in [0.15, 0.2) is 0 Å². The molecule has 3 N–H and O–H groups in total. The van der Waals surface area contributed by atoms with Crippen LogP contribution < -0.4 is 10.6 Å². The number of nitro groups is 1. The largest absolute Gasteiger partial charge is 0.476 e. The molecular weight excluding hydrogens is 346 g/mol. The topological polar surface area (TPSA) is 122 Å². The molecule has 8 nitrogen and oxygen atoms in total. The number of nitrogens with one attached hydrogen (secondary N) is 2. The molecule has 0 saturated carbocycles. The Labute approximate surface area is 148 Å². The van der Waals surface area contributed by atoms with Crippen LogP contribution in [-0.2, 0) is 10.3 Å². The molecule has 2 aliphatic rings. The van der Waals surface area contributed by atoms with Gasteiger partial charge in [-0.2, -0.15) is 11.8 Å². The first kappa shape index (κ1) is 17.5. The predicted octanol–water partition coefficient (Wildman–Crippen LogP) is 1.58. The van der Waals surface area contributed by atoms with Crippen molar-refractivity contribution in [3.8, 4) is 0 Å². The Kier molecular flexibility index (Phi) is 4.85. The van der Waals surface area contributed by atoms with E-state index >= 15 is 0 Å². The van der Waals surface area contributed by atoms with E-state index in [1.54, 1.807) is 30.0 Å². The first-order valence-electron chi connectivity index (χ1n) is 8.07. The van der Waals surface area contributed by atoms with E-state index in [0.29, 0.717) is 12.8 Å². The molecule has 2 amide bonds. The maximum Gasteiger partial charge on any atom is 0.387 e. The summed E-state index contributed by atoms with van der Waals surface area (Å²) < 4.78 is 0. The third-order valence-corrected chi connectivity index (χ3v) is 6.39. The average molecular weight is 365 g/mol. The molecule has 25 heavy (non-hydrogen) atoms. The Hall–Kier alpha value is -2.29. The number of hydrogen-bond acceptors (Lipinski definition) is 5. The number of carboxylic acids is 1. The molecule has 3 rings (SSSR count). The van der Waals surface area contributed by atoms with Crippen molar-refractivity contribution in [1.82, 2.24) is 10.6 Å². The maximum absolute atomic E-state index is 11.8. The van der Waals surface area contributed by atoms with Gasteiger partial charge in [-0.05, 0) is 12.8 Å². The Morgan fingerprint density at radius 3 is 2.72 bits per heavy atom. The number of carbonyl (C=O) groups excluding carboxylic acids is 1. The molecule has 1 aromatic rings. The van der Waals surface area contributed by atoms with Crippen molar-refractivity contribution in [3.63, 3.8) is 0 Å². The summed E-state index contributed by atoms with van der Waals surface area (Å²) in [4.78, 5) is 34.2. The van der Waals surface area contributed by atoms with E-state index in [0.717, 1.165) is 5.75 Å². The number of urea groups is 1. The molecule has 1 aromatic carbocycles. The van der Waals surface area contributed by atoms with Gasteiger partial charge in [0.2, 0.25) is 0 Å². The second-order valence-corrected chi connectivity index (χ2v) is 7.57. The van der Waals surface area contributed by atoms with Crippen LogP contribution in [0.2, 0.25) is 0 Å². The monoisotopic (exact) mass is 365 g/mol. The van der Waals surface area contributed by atoms with Crippen LogP contribution in [0.1, 0.15) is 24.8 Å². The maximum atomic E-state index is 11.8. The molecule has 2 saturated heterocycles. The van der Waals surface area contributed by atoms with Gasteiger partial charge in [0.05, 0.1) is 12.1 Å². The van der Waals surface area contributed by atoms with Crippen molar-refractivity contribution >= 4 is 23.8 Å². The highest BCUT2D eigenvalue weighted by molar-refractivity contribution is 8.00. The second kappa shape index (κ2) is 6.91. The van der Waals surface area contributed by atoms with Gasteiger partial charge in [0.1, 0.15) is 0 Å².